The number of hydrogen-bond acceptors (Lipinski definition) is 4. The molecule has 1 saturated carbocycles. The molecule has 1 rings (SSSR count). The number of esters is 1. The zero-order valence-electron chi connectivity index (χ0n) is 8.82. The monoisotopic (exact) mass is 201 g/mol. The summed E-state index contributed by atoms with van der Waals surface area (Å²) in [6.45, 7) is 2.49. The summed E-state index contributed by atoms with van der Waals surface area (Å²) in [7, 11) is 1.38. The first-order valence-electron chi connectivity index (χ1n) is 5.11. The van der Waals surface area contributed by atoms with Crippen LogP contribution in [0.1, 0.15) is 26.2 Å². The predicted octanol–water partition coefficient (Wildman–Crippen LogP) is 0.298. The zero-order valence-corrected chi connectivity index (χ0v) is 8.82. The summed E-state index contributed by atoms with van der Waals surface area (Å²) in [6.07, 6.45) is 2.37. The van der Waals surface area contributed by atoms with Gasteiger partial charge in [0.2, 0.25) is 0 Å². The van der Waals surface area contributed by atoms with Gasteiger partial charge in [0.15, 0.2) is 0 Å². The van der Waals surface area contributed by atoms with Crippen molar-refractivity contribution in [3.05, 3.63) is 0 Å². The molecule has 1 aliphatic carbocycles. The van der Waals surface area contributed by atoms with E-state index in [2.05, 4.69) is 10.1 Å². The number of carbonyl (C=O) groups excluding carboxylic acids is 1. The SMILES string of the molecule is COC(=O)CC(C)NCC(O)C1CC1. The Morgan fingerprint density at radius 2 is 2.29 bits per heavy atom. The Hall–Kier alpha value is -0.610. The molecule has 82 valence electrons. The van der Waals surface area contributed by atoms with Crippen molar-refractivity contribution >= 4 is 5.97 Å². The minimum Gasteiger partial charge on any atom is -0.469 e. The fourth-order valence-corrected chi connectivity index (χ4v) is 1.38. The molecule has 0 radical (unpaired) electrons. The highest BCUT2D eigenvalue weighted by Gasteiger charge is 2.29. The summed E-state index contributed by atoms with van der Waals surface area (Å²) in [6, 6.07) is 0.0656. The van der Waals surface area contributed by atoms with E-state index in [0.29, 0.717) is 18.9 Å². The number of rotatable bonds is 6. The molecule has 0 spiro atoms. The van der Waals surface area contributed by atoms with Crippen molar-refractivity contribution in [2.24, 2.45) is 5.92 Å². The van der Waals surface area contributed by atoms with Crippen LogP contribution in [-0.4, -0.2) is 36.9 Å². The molecule has 0 heterocycles. The van der Waals surface area contributed by atoms with E-state index in [0.717, 1.165) is 12.8 Å². The van der Waals surface area contributed by atoms with E-state index >= 15 is 0 Å². The van der Waals surface area contributed by atoms with E-state index in [-0.39, 0.29) is 18.1 Å². The van der Waals surface area contributed by atoms with Crippen molar-refractivity contribution in [1.82, 2.24) is 5.32 Å². The van der Waals surface area contributed by atoms with Gasteiger partial charge in [-0.1, -0.05) is 0 Å². The first kappa shape index (κ1) is 11.5. The molecule has 0 amide bonds. The third-order valence-corrected chi connectivity index (χ3v) is 2.54. The highest BCUT2D eigenvalue weighted by molar-refractivity contribution is 5.69. The molecule has 0 aromatic rings. The highest BCUT2D eigenvalue weighted by Crippen LogP contribution is 2.32. The normalized spacial score (nSPS) is 20.2. The standard InChI is InChI=1S/C10H19NO3/c1-7(5-10(13)14-2)11-6-9(12)8-3-4-8/h7-9,11-12H,3-6H2,1-2H3. The van der Waals surface area contributed by atoms with Crippen molar-refractivity contribution in [2.45, 2.75) is 38.3 Å². The van der Waals surface area contributed by atoms with E-state index in [1.165, 1.54) is 7.11 Å². The Bertz CT molecular complexity index is 192. The van der Waals surface area contributed by atoms with Gasteiger partial charge in [-0.15, -0.1) is 0 Å². The average molecular weight is 201 g/mol. The molecule has 0 aliphatic heterocycles. The lowest BCUT2D eigenvalue weighted by Crippen LogP contribution is -2.36. The van der Waals surface area contributed by atoms with E-state index in [4.69, 9.17) is 0 Å². The van der Waals surface area contributed by atoms with Crippen LogP contribution >= 0.6 is 0 Å². The van der Waals surface area contributed by atoms with Gasteiger partial charge >= 0.3 is 5.97 Å². The van der Waals surface area contributed by atoms with Gasteiger partial charge in [0, 0.05) is 12.6 Å². The quantitative estimate of drug-likeness (QED) is 0.607. The Balaban J connectivity index is 2.07. The van der Waals surface area contributed by atoms with Gasteiger partial charge in [-0.3, -0.25) is 4.79 Å². The van der Waals surface area contributed by atoms with Crippen LogP contribution in [0.2, 0.25) is 0 Å². The Labute approximate surface area is 84.6 Å². The average Bonchev–Trinajstić information content (AvgIpc) is 2.97. The summed E-state index contributed by atoms with van der Waals surface area (Å²) < 4.78 is 4.55. The highest BCUT2D eigenvalue weighted by atomic mass is 16.5. The maximum atomic E-state index is 10.9. The third kappa shape index (κ3) is 4.07. The molecule has 2 N–H and O–H groups in total. The zero-order chi connectivity index (χ0) is 10.6. The van der Waals surface area contributed by atoms with E-state index in [1.807, 2.05) is 6.92 Å². The second-order valence-corrected chi connectivity index (χ2v) is 3.99. The molecule has 0 aromatic heterocycles. The maximum absolute atomic E-state index is 10.9. The topological polar surface area (TPSA) is 58.6 Å². The molecular weight excluding hydrogens is 182 g/mol. The lowest BCUT2D eigenvalue weighted by Gasteiger charge is -2.15. The number of nitrogens with one attached hydrogen (secondary N) is 1. The number of aliphatic hydroxyl groups excluding tert-OH is 1. The van der Waals surface area contributed by atoms with Crippen molar-refractivity contribution in [3.63, 3.8) is 0 Å². The van der Waals surface area contributed by atoms with Gasteiger partial charge in [-0.05, 0) is 25.7 Å². The number of methoxy groups -OCH3 is 1. The molecule has 4 heteroatoms. The maximum Gasteiger partial charge on any atom is 0.307 e. The molecule has 0 bridgehead atoms. The van der Waals surface area contributed by atoms with Crippen molar-refractivity contribution < 1.29 is 14.6 Å². The van der Waals surface area contributed by atoms with Crippen LogP contribution in [-0.2, 0) is 9.53 Å². The fourth-order valence-electron chi connectivity index (χ4n) is 1.38. The molecule has 14 heavy (non-hydrogen) atoms. The smallest absolute Gasteiger partial charge is 0.307 e. The summed E-state index contributed by atoms with van der Waals surface area (Å²) in [5, 5.41) is 12.7. The summed E-state index contributed by atoms with van der Waals surface area (Å²) in [5.41, 5.74) is 0. The summed E-state index contributed by atoms with van der Waals surface area (Å²) >= 11 is 0. The fraction of sp³-hybridized carbons (Fsp3) is 0.900. The largest absolute Gasteiger partial charge is 0.469 e. The number of aliphatic hydroxyl groups is 1. The first-order chi connectivity index (χ1) is 6.63. The third-order valence-electron chi connectivity index (χ3n) is 2.54. The molecule has 4 nitrogen and oxygen atoms in total. The van der Waals surface area contributed by atoms with E-state index < -0.39 is 0 Å². The molecular formula is C10H19NO3. The molecule has 2 unspecified atom stereocenters. The Morgan fingerprint density at radius 3 is 2.79 bits per heavy atom. The van der Waals surface area contributed by atoms with Gasteiger partial charge < -0.3 is 15.2 Å². The molecule has 1 aliphatic rings. The molecule has 2 atom stereocenters. The van der Waals surface area contributed by atoms with Gasteiger partial charge in [0.05, 0.1) is 19.6 Å². The van der Waals surface area contributed by atoms with Gasteiger partial charge in [0.1, 0.15) is 0 Å². The molecule has 0 aromatic carbocycles. The lowest BCUT2D eigenvalue weighted by molar-refractivity contribution is -0.141. The molecule has 1 fully saturated rings. The van der Waals surface area contributed by atoms with Gasteiger partial charge in [-0.2, -0.15) is 0 Å². The second-order valence-electron chi connectivity index (χ2n) is 3.99. The van der Waals surface area contributed by atoms with Crippen molar-refractivity contribution in [3.8, 4) is 0 Å². The summed E-state index contributed by atoms with van der Waals surface area (Å²) in [5.74, 6) is 0.263. The summed E-state index contributed by atoms with van der Waals surface area (Å²) in [4.78, 5) is 10.9. The van der Waals surface area contributed by atoms with Gasteiger partial charge in [0.25, 0.3) is 0 Å². The van der Waals surface area contributed by atoms with Crippen LogP contribution in [0.4, 0.5) is 0 Å². The Kier molecular flexibility index (Phi) is 4.35. The lowest BCUT2D eigenvalue weighted by atomic mass is 10.2. The minimum atomic E-state index is -0.255. The van der Waals surface area contributed by atoms with Crippen LogP contribution in [0, 0.1) is 5.92 Å². The van der Waals surface area contributed by atoms with Crippen molar-refractivity contribution in [2.75, 3.05) is 13.7 Å². The van der Waals surface area contributed by atoms with Gasteiger partial charge in [-0.25, -0.2) is 0 Å². The number of carbonyl (C=O) groups is 1. The second kappa shape index (κ2) is 5.32. The Morgan fingerprint density at radius 1 is 1.64 bits per heavy atom. The minimum absolute atomic E-state index is 0.0656. The van der Waals surface area contributed by atoms with Crippen LogP contribution < -0.4 is 5.32 Å². The van der Waals surface area contributed by atoms with Crippen LogP contribution in [0.15, 0.2) is 0 Å². The van der Waals surface area contributed by atoms with Crippen LogP contribution in [0.5, 0.6) is 0 Å². The van der Waals surface area contributed by atoms with E-state index in [9.17, 15) is 9.90 Å². The number of hydrogen-bond donors (Lipinski definition) is 2. The van der Waals surface area contributed by atoms with Crippen LogP contribution in [0.25, 0.3) is 0 Å². The van der Waals surface area contributed by atoms with Crippen molar-refractivity contribution in [1.29, 1.82) is 0 Å². The number of ether oxygens (including phenoxy) is 1. The first-order valence-corrected chi connectivity index (χ1v) is 5.11. The molecule has 0 saturated heterocycles. The van der Waals surface area contributed by atoms with E-state index in [1.54, 1.807) is 0 Å². The van der Waals surface area contributed by atoms with Crippen LogP contribution in [0.3, 0.4) is 0 Å². The predicted molar refractivity (Wildman–Crippen MR) is 52.8 cm³/mol.